The molecule has 4 aromatic rings. The van der Waals surface area contributed by atoms with Gasteiger partial charge in [-0.2, -0.15) is 0 Å². The van der Waals surface area contributed by atoms with Crippen LogP contribution in [0.15, 0.2) is 36.9 Å². The number of rotatable bonds is 6. The Hall–Kier alpha value is -3.46. The van der Waals surface area contributed by atoms with E-state index in [1.807, 2.05) is 40.7 Å². The molecule has 9 nitrogen and oxygen atoms in total. The predicted octanol–water partition coefficient (Wildman–Crippen LogP) is 3.49. The van der Waals surface area contributed by atoms with Gasteiger partial charge in [-0.3, -0.25) is 0 Å². The lowest BCUT2D eigenvalue weighted by molar-refractivity contribution is 0.108. The quantitative estimate of drug-likeness (QED) is 0.498. The second-order valence-electron chi connectivity index (χ2n) is 8.21. The Bertz CT molecular complexity index is 1260. The first-order valence-corrected chi connectivity index (χ1v) is 10.7. The maximum atomic E-state index is 5.56. The summed E-state index contributed by atoms with van der Waals surface area (Å²) in [7, 11) is 5.34. The molecule has 0 unspecified atom stereocenters. The molecule has 4 heterocycles. The molecule has 0 radical (unpaired) electrons. The van der Waals surface area contributed by atoms with Gasteiger partial charge in [0.1, 0.15) is 5.52 Å². The molecule has 0 saturated heterocycles. The van der Waals surface area contributed by atoms with Crippen LogP contribution in [-0.2, 0) is 11.8 Å². The number of hydrogen-bond acceptors (Lipinski definition) is 7. The van der Waals surface area contributed by atoms with Crippen molar-refractivity contribution in [2.45, 2.75) is 38.3 Å². The smallest absolute Gasteiger partial charge is 0.218 e. The minimum atomic E-state index is 0.284. The molecule has 5 rings (SSSR count). The van der Waals surface area contributed by atoms with Crippen LogP contribution in [0.5, 0.6) is 5.88 Å². The van der Waals surface area contributed by atoms with E-state index >= 15 is 0 Å². The molecule has 0 spiro atoms. The Morgan fingerprint density at radius 3 is 2.75 bits per heavy atom. The van der Waals surface area contributed by atoms with E-state index in [1.54, 1.807) is 26.6 Å². The number of aromatic nitrogens is 6. The van der Waals surface area contributed by atoms with Gasteiger partial charge in [0.15, 0.2) is 11.6 Å². The second kappa shape index (κ2) is 8.23. The average Bonchev–Trinajstić information content (AvgIpc) is 3.52. The van der Waals surface area contributed by atoms with Crippen LogP contribution in [-0.4, -0.2) is 55.5 Å². The van der Waals surface area contributed by atoms with Gasteiger partial charge < -0.3 is 19.4 Å². The van der Waals surface area contributed by atoms with E-state index in [2.05, 4.69) is 22.2 Å². The third-order valence-electron chi connectivity index (χ3n) is 6.22. The Labute approximate surface area is 186 Å². The SMILES string of the molecule is COc1cc(-c2cn3nc(-c4nccn4C)nc(N[C@@H]4CC[C@H](OC)C4)c3c2C)ccn1. The minimum absolute atomic E-state index is 0.284. The zero-order valence-corrected chi connectivity index (χ0v) is 18.7. The maximum Gasteiger partial charge on any atom is 0.218 e. The fraction of sp³-hybridized carbons (Fsp3) is 0.391. The zero-order valence-electron chi connectivity index (χ0n) is 18.7. The summed E-state index contributed by atoms with van der Waals surface area (Å²) < 4.78 is 14.7. The van der Waals surface area contributed by atoms with Crippen molar-refractivity contribution in [3.63, 3.8) is 0 Å². The van der Waals surface area contributed by atoms with Gasteiger partial charge in [0.05, 0.1) is 13.2 Å². The first-order chi connectivity index (χ1) is 15.6. The van der Waals surface area contributed by atoms with Crippen LogP contribution < -0.4 is 10.1 Å². The van der Waals surface area contributed by atoms with Crippen molar-refractivity contribution in [2.75, 3.05) is 19.5 Å². The van der Waals surface area contributed by atoms with Crippen molar-refractivity contribution in [1.29, 1.82) is 0 Å². The van der Waals surface area contributed by atoms with Crippen LogP contribution in [0.4, 0.5) is 5.82 Å². The van der Waals surface area contributed by atoms with Gasteiger partial charge in [0.2, 0.25) is 11.7 Å². The van der Waals surface area contributed by atoms with Crippen LogP contribution >= 0.6 is 0 Å². The lowest BCUT2D eigenvalue weighted by Crippen LogP contribution is -2.19. The van der Waals surface area contributed by atoms with Crippen molar-refractivity contribution in [2.24, 2.45) is 7.05 Å². The highest BCUT2D eigenvalue weighted by Crippen LogP contribution is 2.34. The summed E-state index contributed by atoms with van der Waals surface area (Å²) in [6, 6.07) is 4.21. The van der Waals surface area contributed by atoms with Gasteiger partial charge in [-0.25, -0.2) is 19.5 Å². The zero-order chi connectivity index (χ0) is 22.2. The van der Waals surface area contributed by atoms with Crippen molar-refractivity contribution < 1.29 is 9.47 Å². The van der Waals surface area contributed by atoms with Gasteiger partial charge in [-0.1, -0.05) is 0 Å². The highest BCUT2D eigenvalue weighted by molar-refractivity contribution is 5.83. The number of fused-ring (bicyclic) bond motifs is 1. The molecule has 0 aliphatic heterocycles. The summed E-state index contributed by atoms with van der Waals surface area (Å²) in [5, 5.41) is 8.48. The highest BCUT2D eigenvalue weighted by atomic mass is 16.5. The number of imidazole rings is 1. The van der Waals surface area contributed by atoms with Crippen LogP contribution in [0.25, 0.3) is 28.3 Å². The molecule has 2 atom stereocenters. The largest absolute Gasteiger partial charge is 0.481 e. The Morgan fingerprint density at radius 1 is 1.16 bits per heavy atom. The molecular formula is C23H27N7O2. The molecule has 0 aromatic carbocycles. The highest BCUT2D eigenvalue weighted by Gasteiger charge is 2.27. The molecule has 166 valence electrons. The standard InChI is InChI=1S/C23H27N7O2/c1-14-18(15-7-8-24-19(11-15)32-4)13-30-20(14)21(26-16-5-6-17(12-16)31-3)27-22(28-30)23-25-9-10-29(23)2/h7-11,13,16-17H,5-6,12H2,1-4H3,(H,26,27,28)/t16-,17+/m1/s1. The van der Waals surface area contributed by atoms with E-state index < -0.39 is 0 Å². The molecule has 32 heavy (non-hydrogen) atoms. The molecule has 1 fully saturated rings. The first-order valence-electron chi connectivity index (χ1n) is 10.7. The summed E-state index contributed by atoms with van der Waals surface area (Å²) in [5.74, 6) is 2.67. The Kier molecular flexibility index (Phi) is 5.26. The monoisotopic (exact) mass is 433 g/mol. The Morgan fingerprint density at radius 2 is 2.03 bits per heavy atom. The van der Waals surface area contributed by atoms with Gasteiger partial charge in [0, 0.05) is 56.6 Å². The average molecular weight is 434 g/mol. The Balaban J connectivity index is 1.65. The molecular weight excluding hydrogens is 406 g/mol. The van der Waals surface area contributed by atoms with Crippen molar-refractivity contribution in [3.8, 4) is 28.7 Å². The number of aryl methyl sites for hydroxylation is 2. The van der Waals surface area contributed by atoms with Gasteiger partial charge >= 0.3 is 0 Å². The molecule has 0 amide bonds. The van der Waals surface area contributed by atoms with Crippen molar-refractivity contribution in [1.82, 2.24) is 29.1 Å². The number of pyridine rings is 1. The van der Waals surface area contributed by atoms with E-state index in [0.717, 1.165) is 53.1 Å². The van der Waals surface area contributed by atoms with Crippen LogP contribution in [0.3, 0.4) is 0 Å². The third-order valence-corrected chi connectivity index (χ3v) is 6.22. The molecule has 9 heteroatoms. The number of nitrogens with one attached hydrogen (secondary N) is 1. The van der Waals surface area contributed by atoms with E-state index in [0.29, 0.717) is 17.7 Å². The molecule has 1 saturated carbocycles. The second-order valence-corrected chi connectivity index (χ2v) is 8.21. The van der Waals surface area contributed by atoms with Crippen molar-refractivity contribution in [3.05, 3.63) is 42.5 Å². The normalized spacial score (nSPS) is 18.4. The lowest BCUT2D eigenvalue weighted by Gasteiger charge is -2.16. The number of hydrogen-bond donors (Lipinski definition) is 1. The summed E-state index contributed by atoms with van der Waals surface area (Å²) >= 11 is 0. The number of nitrogens with zero attached hydrogens (tertiary/aromatic N) is 6. The topological polar surface area (TPSA) is 91.4 Å². The molecule has 1 aliphatic carbocycles. The van der Waals surface area contributed by atoms with E-state index in [9.17, 15) is 0 Å². The fourth-order valence-electron chi connectivity index (χ4n) is 4.47. The summed E-state index contributed by atoms with van der Waals surface area (Å²) in [6.45, 7) is 2.10. The predicted molar refractivity (Wildman–Crippen MR) is 122 cm³/mol. The van der Waals surface area contributed by atoms with E-state index in [-0.39, 0.29) is 6.10 Å². The van der Waals surface area contributed by atoms with Gasteiger partial charge in [-0.05, 0) is 43.4 Å². The van der Waals surface area contributed by atoms with Crippen molar-refractivity contribution >= 4 is 11.3 Å². The maximum absolute atomic E-state index is 5.56. The summed E-state index contributed by atoms with van der Waals surface area (Å²) in [4.78, 5) is 13.6. The third kappa shape index (κ3) is 3.58. The fourth-order valence-corrected chi connectivity index (χ4v) is 4.47. The van der Waals surface area contributed by atoms with Gasteiger partial charge in [-0.15, -0.1) is 5.10 Å². The minimum Gasteiger partial charge on any atom is -0.481 e. The molecule has 1 aliphatic rings. The lowest BCUT2D eigenvalue weighted by atomic mass is 10.1. The number of ether oxygens (including phenoxy) is 2. The number of methoxy groups -OCH3 is 2. The molecule has 1 N–H and O–H groups in total. The molecule has 4 aromatic heterocycles. The van der Waals surface area contributed by atoms with Gasteiger partial charge in [0.25, 0.3) is 0 Å². The first kappa shape index (κ1) is 20.4. The van der Waals surface area contributed by atoms with E-state index in [4.69, 9.17) is 19.6 Å². The molecule has 0 bridgehead atoms. The van der Waals surface area contributed by atoms with Crippen LogP contribution in [0.1, 0.15) is 24.8 Å². The van der Waals surface area contributed by atoms with Crippen LogP contribution in [0.2, 0.25) is 0 Å². The summed E-state index contributed by atoms with van der Waals surface area (Å²) in [5.41, 5.74) is 4.12. The number of anilines is 1. The van der Waals surface area contributed by atoms with E-state index in [1.165, 1.54) is 0 Å². The summed E-state index contributed by atoms with van der Waals surface area (Å²) in [6.07, 6.45) is 10.8. The van der Waals surface area contributed by atoms with Crippen LogP contribution in [0, 0.1) is 6.92 Å².